The fourth-order valence-electron chi connectivity index (χ4n) is 2.08. The molecule has 0 aliphatic heterocycles. The first kappa shape index (κ1) is 17.3. The molecule has 0 heterocycles. The Kier molecular flexibility index (Phi) is 6.41. The Bertz CT molecular complexity index is 708. The number of aryl methyl sites for hydroxylation is 1. The van der Waals surface area contributed by atoms with E-state index in [-0.39, 0.29) is 12.6 Å². The van der Waals surface area contributed by atoms with Crippen molar-refractivity contribution in [2.45, 2.75) is 13.8 Å². The maximum absolute atomic E-state index is 11.3. The van der Waals surface area contributed by atoms with Gasteiger partial charge in [-0.15, -0.1) is 0 Å². The fourth-order valence-corrected chi connectivity index (χ4v) is 2.50. The van der Waals surface area contributed by atoms with Gasteiger partial charge in [0.05, 0.1) is 6.61 Å². The molecular weight excluding hydrogens is 356 g/mol. The van der Waals surface area contributed by atoms with Crippen LogP contribution < -0.4 is 4.74 Å². The van der Waals surface area contributed by atoms with E-state index in [1.165, 1.54) is 0 Å². The van der Waals surface area contributed by atoms with Gasteiger partial charge in [0, 0.05) is 4.47 Å². The van der Waals surface area contributed by atoms with Crippen LogP contribution in [0.2, 0.25) is 0 Å². The van der Waals surface area contributed by atoms with Gasteiger partial charge in [-0.1, -0.05) is 46.3 Å². The van der Waals surface area contributed by atoms with Gasteiger partial charge in [0.25, 0.3) is 0 Å². The van der Waals surface area contributed by atoms with Crippen LogP contribution >= 0.6 is 15.9 Å². The van der Waals surface area contributed by atoms with Crippen molar-refractivity contribution in [2.75, 3.05) is 13.2 Å². The quantitative estimate of drug-likeness (QED) is 0.534. The van der Waals surface area contributed by atoms with Gasteiger partial charge in [0.1, 0.15) is 5.75 Å². The predicted molar refractivity (Wildman–Crippen MR) is 96.4 cm³/mol. The summed E-state index contributed by atoms with van der Waals surface area (Å²) in [7, 11) is 0. The number of rotatable bonds is 6. The second kappa shape index (κ2) is 8.53. The zero-order valence-electron chi connectivity index (χ0n) is 13.2. The maximum atomic E-state index is 11.3. The van der Waals surface area contributed by atoms with Gasteiger partial charge in [-0.25, -0.2) is 4.79 Å². The first-order chi connectivity index (χ1) is 11.1. The summed E-state index contributed by atoms with van der Waals surface area (Å²) in [5.41, 5.74) is 3.18. The number of halogens is 1. The molecule has 0 aliphatic carbocycles. The number of carbonyl (C=O) groups excluding carboxylic acids is 1. The van der Waals surface area contributed by atoms with E-state index in [9.17, 15) is 4.79 Å². The SMILES string of the molecule is CCOC(=O)COc1ccc(C=Cc2cccc(Br)c2)cc1C. The monoisotopic (exact) mass is 374 g/mol. The third kappa shape index (κ3) is 5.57. The van der Waals surface area contributed by atoms with E-state index in [2.05, 4.69) is 28.1 Å². The molecule has 0 radical (unpaired) electrons. The third-order valence-electron chi connectivity index (χ3n) is 3.17. The van der Waals surface area contributed by atoms with E-state index in [1.54, 1.807) is 6.92 Å². The van der Waals surface area contributed by atoms with E-state index < -0.39 is 0 Å². The van der Waals surface area contributed by atoms with Crippen molar-refractivity contribution in [3.8, 4) is 5.75 Å². The molecule has 2 aromatic rings. The number of ether oxygens (including phenoxy) is 2. The minimum atomic E-state index is -0.356. The van der Waals surface area contributed by atoms with Crippen LogP contribution in [-0.4, -0.2) is 19.2 Å². The average Bonchev–Trinajstić information content (AvgIpc) is 2.52. The van der Waals surface area contributed by atoms with Gasteiger partial charge in [0.15, 0.2) is 6.61 Å². The third-order valence-corrected chi connectivity index (χ3v) is 3.66. The molecule has 0 aliphatic rings. The Morgan fingerprint density at radius 1 is 1.13 bits per heavy atom. The fraction of sp³-hybridized carbons (Fsp3) is 0.211. The Morgan fingerprint density at radius 3 is 2.52 bits per heavy atom. The highest BCUT2D eigenvalue weighted by Crippen LogP contribution is 2.21. The zero-order valence-corrected chi connectivity index (χ0v) is 14.8. The van der Waals surface area contributed by atoms with Crippen LogP contribution in [0, 0.1) is 6.92 Å². The summed E-state index contributed by atoms with van der Waals surface area (Å²) >= 11 is 3.46. The number of esters is 1. The summed E-state index contributed by atoms with van der Waals surface area (Å²) in [6, 6.07) is 14.0. The first-order valence-electron chi connectivity index (χ1n) is 7.41. The van der Waals surface area contributed by atoms with E-state index >= 15 is 0 Å². The van der Waals surface area contributed by atoms with Gasteiger partial charge >= 0.3 is 5.97 Å². The topological polar surface area (TPSA) is 35.5 Å². The van der Waals surface area contributed by atoms with Crippen LogP contribution in [0.15, 0.2) is 46.9 Å². The molecule has 120 valence electrons. The molecule has 0 saturated carbocycles. The summed E-state index contributed by atoms with van der Waals surface area (Å²) < 4.78 is 11.4. The first-order valence-corrected chi connectivity index (χ1v) is 8.20. The summed E-state index contributed by atoms with van der Waals surface area (Å²) in [6.07, 6.45) is 4.10. The Labute approximate surface area is 145 Å². The molecule has 3 nitrogen and oxygen atoms in total. The van der Waals surface area contributed by atoms with E-state index in [4.69, 9.17) is 9.47 Å². The zero-order chi connectivity index (χ0) is 16.7. The molecule has 0 fully saturated rings. The number of hydrogen-bond donors (Lipinski definition) is 0. The molecule has 4 heteroatoms. The van der Waals surface area contributed by atoms with E-state index in [1.807, 2.05) is 49.4 Å². The normalized spacial score (nSPS) is 10.7. The summed E-state index contributed by atoms with van der Waals surface area (Å²) in [6.45, 7) is 4.02. The maximum Gasteiger partial charge on any atom is 0.344 e. The predicted octanol–water partition coefficient (Wildman–Crippen LogP) is 4.87. The molecular formula is C19H19BrO3. The minimum absolute atomic E-state index is 0.0676. The lowest BCUT2D eigenvalue weighted by molar-refractivity contribution is -0.145. The highest BCUT2D eigenvalue weighted by atomic mass is 79.9. The second-order valence-corrected chi connectivity index (χ2v) is 5.92. The second-order valence-electron chi connectivity index (χ2n) is 5.01. The van der Waals surface area contributed by atoms with Gasteiger partial charge in [-0.2, -0.15) is 0 Å². The lowest BCUT2D eigenvalue weighted by Gasteiger charge is -2.09. The summed E-state index contributed by atoms with van der Waals surface area (Å²) in [4.78, 5) is 11.3. The Morgan fingerprint density at radius 2 is 1.87 bits per heavy atom. The van der Waals surface area contributed by atoms with Crippen molar-refractivity contribution in [3.05, 3.63) is 63.6 Å². The highest BCUT2D eigenvalue weighted by Gasteiger charge is 2.05. The smallest absolute Gasteiger partial charge is 0.344 e. The largest absolute Gasteiger partial charge is 0.482 e. The van der Waals surface area contributed by atoms with Crippen LogP contribution in [0.4, 0.5) is 0 Å². The van der Waals surface area contributed by atoms with Crippen molar-refractivity contribution in [1.29, 1.82) is 0 Å². The molecule has 0 saturated heterocycles. The highest BCUT2D eigenvalue weighted by molar-refractivity contribution is 9.10. The van der Waals surface area contributed by atoms with Gasteiger partial charge < -0.3 is 9.47 Å². The Hall–Kier alpha value is -2.07. The van der Waals surface area contributed by atoms with Crippen molar-refractivity contribution >= 4 is 34.1 Å². The molecule has 0 atom stereocenters. The molecule has 2 aromatic carbocycles. The molecule has 0 bridgehead atoms. The van der Waals surface area contributed by atoms with Crippen molar-refractivity contribution in [2.24, 2.45) is 0 Å². The number of carbonyl (C=O) groups is 1. The van der Waals surface area contributed by atoms with Crippen LogP contribution in [0.5, 0.6) is 5.75 Å². The molecule has 0 spiro atoms. The molecule has 0 amide bonds. The molecule has 0 N–H and O–H groups in total. The molecule has 0 unspecified atom stereocenters. The summed E-state index contributed by atoms with van der Waals surface area (Å²) in [5, 5.41) is 0. The van der Waals surface area contributed by atoms with E-state index in [0.717, 1.165) is 21.2 Å². The van der Waals surface area contributed by atoms with Crippen molar-refractivity contribution in [1.82, 2.24) is 0 Å². The van der Waals surface area contributed by atoms with Crippen LogP contribution in [-0.2, 0) is 9.53 Å². The average molecular weight is 375 g/mol. The lowest BCUT2D eigenvalue weighted by Crippen LogP contribution is -2.14. The number of benzene rings is 2. The van der Waals surface area contributed by atoms with Crippen LogP contribution in [0.3, 0.4) is 0 Å². The van der Waals surface area contributed by atoms with Crippen LogP contribution in [0.25, 0.3) is 12.2 Å². The standard InChI is InChI=1S/C19H19BrO3/c1-3-22-19(21)13-23-18-10-9-16(11-14(18)2)8-7-15-5-4-6-17(20)12-15/h4-12H,3,13H2,1-2H3. The van der Waals surface area contributed by atoms with Gasteiger partial charge in [-0.3, -0.25) is 0 Å². The summed E-state index contributed by atoms with van der Waals surface area (Å²) in [5.74, 6) is 0.336. The van der Waals surface area contributed by atoms with Crippen molar-refractivity contribution in [3.63, 3.8) is 0 Å². The van der Waals surface area contributed by atoms with Gasteiger partial charge in [-0.05, 0) is 54.8 Å². The number of hydrogen-bond acceptors (Lipinski definition) is 3. The molecule has 2 rings (SSSR count). The van der Waals surface area contributed by atoms with E-state index in [0.29, 0.717) is 12.4 Å². The Balaban J connectivity index is 2.02. The van der Waals surface area contributed by atoms with Crippen molar-refractivity contribution < 1.29 is 14.3 Å². The molecule has 23 heavy (non-hydrogen) atoms. The van der Waals surface area contributed by atoms with Gasteiger partial charge in [0.2, 0.25) is 0 Å². The minimum Gasteiger partial charge on any atom is -0.482 e. The molecule has 0 aromatic heterocycles. The lowest BCUT2D eigenvalue weighted by atomic mass is 10.1. The van der Waals surface area contributed by atoms with Crippen LogP contribution in [0.1, 0.15) is 23.6 Å².